The molecule has 0 amide bonds. The number of rotatable bonds is 2. The molecular weight excluding hydrogens is 360 g/mol. The van der Waals surface area contributed by atoms with Gasteiger partial charge in [-0.05, 0) is 43.2 Å². The number of hydrogen-bond acceptors (Lipinski definition) is 3. The number of carbonyl (C=O) groups is 1. The van der Waals surface area contributed by atoms with E-state index in [4.69, 9.17) is 0 Å². The van der Waals surface area contributed by atoms with Gasteiger partial charge in [-0.2, -0.15) is 0 Å². The van der Waals surface area contributed by atoms with E-state index >= 15 is 0 Å². The van der Waals surface area contributed by atoms with Crippen LogP contribution in [0, 0.1) is 13.8 Å². The van der Waals surface area contributed by atoms with E-state index in [9.17, 15) is 9.59 Å². The summed E-state index contributed by atoms with van der Waals surface area (Å²) in [5.41, 5.74) is 7.04. The van der Waals surface area contributed by atoms with Crippen molar-refractivity contribution in [3.8, 4) is 11.1 Å². The van der Waals surface area contributed by atoms with Crippen LogP contribution in [0.15, 0.2) is 65.5 Å². The number of anilines is 2. The van der Waals surface area contributed by atoms with Crippen LogP contribution in [0.3, 0.4) is 0 Å². The maximum Gasteiger partial charge on any atom is 0.254 e. The van der Waals surface area contributed by atoms with Crippen molar-refractivity contribution in [2.75, 3.05) is 5.32 Å². The Labute approximate surface area is 168 Å². The molecule has 0 bridgehead atoms. The van der Waals surface area contributed by atoms with Crippen LogP contribution in [0.5, 0.6) is 0 Å². The fourth-order valence-electron chi connectivity index (χ4n) is 4.51. The molecule has 1 N–H and O–H groups in total. The van der Waals surface area contributed by atoms with Gasteiger partial charge in [0, 0.05) is 34.8 Å². The smallest absolute Gasteiger partial charge is 0.254 e. The largest absolute Gasteiger partial charge is 0.355 e. The van der Waals surface area contributed by atoms with Gasteiger partial charge in [0.2, 0.25) is 0 Å². The summed E-state index contributed by atoms with van der Waals surface area (Å²) in [4.78, 5) is 26.6. The van der Waals surface area contributed by atoms with Crippen LogP contribution >= 0.6 is 0 Å². The second kappa shape index (κ2) is 6.17. The highest BCUT2D eigenvalue weighted by atomic mass is 16.1. The maximum atomic E-state index is 13.6. The summed E-state index contributed by atoms with van der Waals surface area (Å²) in [6.07, 6.45) is 0. The number of aryl methyl sites for hydroxylation is 2. The van der Waals surface area contributed by atoms with Gasteiger partial charge >= 0.3 is 0 Å². The predicted octanol–water partition coefficient (Wildman–Crippen LogP) is 5.11. The van der Waals surface area contributed by atoms with Crippen LogP contribution in [0.4, 0.5) is 11.4 Å². The monoisotopic (exact) mass is 380 g/mol. The normalized spacial score (nSPS) is 12.2. The fourth-order valence-corrected chi connectivity index (χ4v) is 4.51. The minimum atomic E-state index is -0.0329. The average Bonchev–Trinajstić information content (AvgIpc) is 2.72. The lowest BCUT2D eigenvalue weighted by atomic mass is 9.80. The van der Waals surface area contributed by atoms with E-state index in [0.717, 1.165) is 39.0 Å². The molecule has 1 heterocycles. The molecule has 1 aromatic heterocycles. The van der Waals surface area contributed by atoms with Gasteiger partial charge in [0.15, 0.2) is 5.78 Å². The highest BCUT2D eigenvalue weighted by Gasteiger charge is 2.31. The highest BCUT2D eigenvalue weighted by molar-refractivity contribution is 6.28. The number of para-hydroxylation sites is 1. The van der Waals surface area contributed by atoms with E-state index in [1.54, 1.807) is 11.6 Å². The number of carbonyl (C=O) groups excluding carboxylic acids is 1. The molecule has 4 nitrogen and oxygen atoms in total. The number of benzene rings is 3. The first-order valence-electron chi connectivity index (χ1n) is 9.62. The van der Waals surface area contributed by atoms with E-state index in [1.807, 2.05) is 74.5 Å². The van der Waals surface area contributed by atoms with E-state index < -0.39 is 0 Å². The third-order valence-corrected chi connectivity index (χ3v) is 5.80. The van der Waals surface area contributed by atoms with Crippen LogP contribution in [0.1, 0.15) is 27.0 Å². The molecule has 0 fully saturated rings. The number of nitrogens with one attached hydrogen (secondary N) is 1. The van der Waals surface area contributed by atoms with Crippen molar-refractivity contribution < 1.29 is 4.79 Å². The molecule has 29 heavy (non-hydrogen) atoms. The second-order valence-corrected chi connectivity index (χ2v) is 7.57. The maximum absolute atomic E-state index is 13.6. The van der Waals surface area contributed by atoms with Gasteiger partial charge in [-0.3, -0.25) is 9.59 Å². The van der Waals surface area contributed by atoms with Crippen molar-refractivity contribution >= 4 is 28.1 Å². The first-order chi connectivity index (χ1) is 14.0. The van der Waals surface area contributed by atoms with Crippen LogP contribution in [0.25, 0.3) is 22.0 Å². The first kappa shape index (κ1) is 17.4. The Kier molecular flexibility index (Phi) is 3.71. The van der Waals surface area contributed by atoms with Gasteiger partial charge in [-0.15, -0.1) is 0 Å². The molecule has 4 heteroatoms. The molecule has 4 aromatic rings. The molecule has 1 aliphatic rings. The quantitative estimate of drug-likeness (QED) is 0.463. The lowest BCUT2D eigenvalue weighted by Crippen LogP contribution is -2.25. The SMILES string of the molecule is Cc1c2c3c(c(Nc4ccccc4)cc(C)c3n(C)c1=O)C(=O)c1ccccc1-2. The average molecular weight is 380 g/mol. The van der Waals surface area contributed by atoms with Gasteiger partial charge in [0.1, 0.15) is 0 Å². The third kappa shape index (κ3) is 2.39. The van der Waals surface area contributed by atoms with Crippen molar-refractivity contribution in [2.45, 2.75) is 13.8 Å². The summed E-state index contributed by atoms with van der Waals surface area (Å²) in [5, 5.41) is 4.28. The minimum absolute atomic E-state index is 0.0189. The highest BCUT2D eigenvalue weighted by Crippen LogP contribution is 2.44. The van der Waals surface area contributed by atoms with E-state index in [0.29, 0.717) is 16.7 Å². The Morgan fingerprint density at radius 1 is 0.828 bits per heavy atom. The standard InChI is InChI=1S/C25H20N2O2/c1-14-13-19(26-16-9-5-4-6-10-16)21-22-20(15(2)25(29)27(3)23(14)22)17-11-7-8-12-18(17)24(21)28/h4-13,26H,1-3H3. The number of pyridine rings is 1. The van der Waals surface area contributed by atoms with Crippen LogP contribution in [0.2, 0.25) is 0 Å². The molecule has 3 aromatic carbocycles. The third-order valence-electron chi connectivity index (χ3n) is 5.80. The molecule has 0 spiro atoms. The zero-order chi connectivity index (χ0) is 20.3. The zero-order valence-electron chi connectivity index (χ0n) is 16.5. The molecule has 0 atom stereocenters. The Bertz CT molecular complexity index is 1380. The number of hydrogen-bond donors (Lipinski definition) is 1. The Morgan fingerprint density at radius 3 is 2.21 bits per heavy atom. The predicted molar refractivity (Wildman–Crippen MR) is 117 cm³/mol. The summed E-state index contributed by atoms with van der Waals surface area (Å²) in [6, 6.07) is 19.3. The number of fused-ring (bicyclic) bond motifs is 2. The molecule has 0 saturated heterocycles. The molecule has 0 unspecified atom stereocenters. The molecule has 142 valence electrons. The van der Waals surface area contributed by atoms with Gasteiger partial charge in [0.25, 0.3) is 5.56 Å². The topological polar surface area (TPSA) is 51.1 Å². The number of nitrogens with zero attached hydrogens (tertiary/aromatic N) is 1. The van der Waals surface area contributed by atoms with Gasteiger partial charge in [-0.25, -0.2) is 0 Å². The number of aromatic nitrogens is 1. The van der Waals surface area contributed by atoms with E-state index in [1.165, 1.54) is 0 Å². The molecule has 0 saturated carbocycles. The second-order valence-electron chi connectivity index (χ2n) is 7.57. The summed E-state index contributed by atoms with van der Waals surface area (Å²) in [7, 11) is 1.78. The summed E-state index contributed by atoms with van der Waals surface area (Å²) < 4.78 is 1.67. The summed E-state index contributed by atoms with van der Waals surface area (Å²) in [6.45, 7) is 3.83. The summed E-state index contributed by atoms with van der Waals surface area (Å²) in [5.74, 6) is -0.0189. The molecule has 5 rings (SSSR count). The van der Waals surface area contributed by atoms with Crippen molar-refractivity contribution in [2.24, 2.45) is 7.05 Å². The van der Waals surface area contributed by atoms with Crippen LogP contribution in [-0.2, 0) is 7.05 Å². The van der Waals surface area contributed by atoms with Gasteiger partial charge in [-0.1, -0.05) is 42.5 Å². The van der Waals surface area contributed by atoms with Crippen molar-refractivity contribution in [1.29, 1.82) is 0 Å². The van der Waals surface area contributed by atoms with Crippen molar-refractivity contribution in [1.82, 2.24) is 4.57 Å². The zero-order valence-corrected chi connectivity index (χ0v) is 16.5. The fraction of sp³-hybridized carbons (Fsp3) is 0.120. The summed E-state index contributed by atoms with van der Waals surface area (Å²) >= 11 is 0. The molecule has 0 radical (unpaired) electrons. The minimum Gasteiger partial charge on any atom is -0.355 e. The Morgan fingerprint density at radius 2 is 1.48 bits per heavy atom. The van der Waals surface area contributed by atoms with E-state index in [-0.39, 0.29) is 11.3 Å². The van der Waals surface area contributed by atoms with Crippen LogP contribution in [-0.4, -0.2) is 10.4 Å². The lowest BCUT2D eigenvalue weighted by molar-refractivity contribution is 0.104. The molecular formula is C25H20N2O2. The van der Waals surface area contributed by atoms with Gasteiger partial charge in [0.05, 0.1) is 16.8 Å². The van der Waals surface area contributed by atoms with Crippen molar-refractivity contribution in [3.63, 3.8) is 0 Å². The first-order valence-corrected chi connectivity index (χ1v) is 9.62. The van der Waals surface area contributed by atoms with Crippen LogP contribution < -0.4 is 10.9 Å². The van der Waals surface area contributed by atoms with E-state index in [2.05, 4.69) is 5.32 Å². The molecule has 1 aliphatic carbocycles. The lowest BCUT2D eigenvalue weighted by Gasteiger charge is -2.26. The number of ketones is 1. The Hall–Kier alpha value is -3.66. The van der Waals surface area contributed by atoms with Gasteiger partial charge < -0.3 is 9.88 Å². The Balaban J connectivity index is 1.97. The van der Waals surface area contributed by atoms with Crippen molar-refractivity contribution in [3.05, 3.63) is 93.3 Å². The molecule has 0 aliphatic heterocycles.